The first-order valence-electron chi connectivity index (χ1n) is 13.8. The molecule has 4 aromatic rings. The van der Waals surface area contributed by atoms with Crippen LogP contribution in [0, 0.1) is 12.8 Å². The van der Waals surface area contributed by atoms with E-state index in [1.165, 1.54) is 0 Å². The maximum atomic E-state index is 13.3. The number of benzene rings is 4. The number of carbonyl (C=O) groups excluding carboxylic acids is 1. The van der Waals surface area contributed by atoms with Crippen molar-refractivity contribution in [2.75, 3.05) is 23.3 Å². The minimum absolute atomic E-state index is 0.321. The predicted molar refractivity (Wildman–Crippen MR) is 157 cm³/mol. The molecule has 2 unspecified atom stereocenters. The van der Waals surface area contributed by atoms with Crippen LogP contribution in [0.5, 0.6) is 11.5 Å². The second-order valence-electron chi connectivity index (χ2n) is 10.6. The van der Waals surface area contributed by atoms with Crippen LogP contribution < -0.4 is 15.0 Å². The topological polar surface area (TPSA) is 50.8 Å². The molecule has 1 spiro atoms. The molecule has 2 aliphatic heterocycles. The lowest BCUT2D eigenvalue weighted by molar-refractivity contribution is 0.0224. The predicted octanol–water partition coefficient (Wildman–Crippen LogP) is 8.18. The standard InChI is InChI=1S/C34H34N2O3/c1-5-22(3)21-36(6-2)25-16-17-28-32(19-25)38-31-18-23(4)30(35-24-12-8-7-9-13-24)20-29(31)34(28)27-15-11-10-14-26(27)33(37)39-34/h7-20,22,35H,5-6,21H2,1-4H3. The molecule has 2 heterocycles. The number of hydrogen-bond donors (Lipinski definition) is 1. The zero-order chi connectivity index (χ0) is 27.1. The first-order valence-corrected chi connectivity index (χ1v) is 13.8. The van der Waals surface area contributed by atoms with Gasteiger partial charge in [-0.2, -0.15) is 0 Å². The Morgan fingerprint density at radius 1 is 0.872 bits per heavy atom. The number of hydrogen-bond acceptors (Lipinski definition) is 5. The van der Waals surface area contributed by atoms with Gasteiger partial charge in [-0.15, -0.1) is 0 Å². The molecular weight excluding hydrogens is 484 g/mol. The van der Waals surface area contributed by atoms with Crippen molar-refractivity contribution >= 4 is 23.0 Å². The summed E-state index contributed by atoms with van der Waals surface area (Å²) in [6.07, 6.45) is 1.12. The molecule has 0 saturated heterocycles. The van der Waals surface area contributed by atoms with Crippen molar-refractivity contribution in [3.63, 3.8) is 0 Å². The third kappa shape index (κ3) is 4.13. The summed E-state index contributed by atoms with van der Waals surface area (Å²) >= 11 is 0. The highest BCUT2D eigenvalue weighted by Crippen LogP contribution is 2.57. The Hall–Kier alpha value is -4.25. The van der Waals surface area contributed by atoms with E-state index in [1.54, 1.807) is 0 Å². The van der Waals surface area contributed by atoms with Gasteiger partial charge in [0.2, 0.25) is 0 Å². The summed E-state index contributed by atoms with van der Waals surface area (Å²) in [6, 6.07) is 28.2. The third-order valence-electron chi connectivity index (χ3n) is 8.07. The van der Waals surface area contributed by atoms with E-state index in [1.807, 2.05) is 60.7 Å². The van der Waals surface area contributed by atoms with Crippen LogP contribution in [-0.4, -0.2) is 19.1 Å². The first-order chi connectivity index (χ1) is 18.9. The average Bonchev–Trinajstić information content (AvgIpc) is 3.25. The normalized spacial score (nSPS) is 17.5. The van der Waals surface area contributed by atoms with Crippen molar-refractivity contribution in [3.8, 4) is 11.5 Å². The SMILES string of the molecule is CCC(C)CN(CC)c1ccc2c(c1)Oc1cc(C)c(Nc3ccccc3)cc1C21OC(=O)c2ccccc21. The molecule has 39 heavy (non-hydrogen) atoms. The number of para-hydroxylation sites is 1. The van der Waals surface area contributed by atoms with Crippen LogP contribution in [0.25, 0.3) is 0 Å². The molecule has 0 radical (unpaired) electrons. The average molecular weight is 519 g/mol. The van der Waals surface area contributed by atoms with Gasteiger partial charge in [-0.1, -0.05) is 56.7 Å². The number of fused-ring (bicyclic) bond motifs is 6. The number of carbonyl (C=O) groups is 1. The number of nitrogens with zero attached hydrogens (tertiary/aromatic N) is 1. The van der Waals surface area contributed by atoms with E-state index in [2.05, 4.69) is 62.2 Å². The van der Waals surface area contributed by atoms with Gasteiger partial charge in [0.25, 0.3) is 0 Å². The minimum Gasteiger partial charge on any atom is -0.456 e. The number of anilines is 3. The van der Waals surface area contributed by atoms with E-state index in [4.69, 9.17) is 9.47 Å². The molecule has 0 aliphatic carbocycles. The van der Waals surface area contributed by atoms with E-state index in [-0.39, 0.29) is 5.97 Å². The molecule has 1 N–H and O–H groups in total. The van der Waals surface area contributed by atoms with Gasteiger partial charge in [0, 0.05) is 52.9 Å². The van der Waals surface area contributed by atoms with Crippen LogP contribution in [0.4, 0.5) is 17.1 Å². The lowest BCUT2D eigenvalue weighted by Crippen LogP contribution is -2.34. The molecular formula is C34H34N2O3. The molecule has 0 saturated carbocycles. The molecule has 0 aromatic heterocycles. The van der Waals surface area contributed by atoms with Crippen LogP contribution >= 0.6 is 0 Å². The van der Waals surface area contributed by atoms with Gasteiger partial charge in [-0.25, -0.2) is 4.79 Å². The highest BCUT2D eigenvalue weighted by molar-refractivity contribution is 5.97. The minimum atomic E-state index is -1.09. The van der Waals surface area contributed by atoms with Crippen LogP contribution in [0.1, 0.15) is 59.8 Å². The number of esters is 1. The summed E-state index contributed by atoms with van der Waals surface area (Å²) in [5.41, 5.74) is 6.06. The highest BCUT2D eigenvalue weighted by Gasteiger charge is 2.53. The summed E-state index contributed by atoms with van der Waals surface area (Å²) in [6.45, 7) is 10.6. The van der Waals surface area contributed by atoms with Crippen LogP contribution in [-0.2, 0) is 10.3 Å². The molecule has 198 valence electrons. The number of aryl methyl sites for hydroxylation is 1. The zero-order valence-corrected chi connectivity index (χ0v) is 23.0. The Kier molecular flexibility index (Phi) is 6.30. The first kappa shape index (κ1) is 25.1. The molecule has 0 amide bonds. The van der Waals surface area contributed by atoms with E-state index in [0.717, 1.165) is 64.6 Å². The lowest BCUT2D eigenvalue weighted by atomic mass is 9.77. The fraction of sp³-hybridized carbons (Fsp3) is 0.265. The number of ether oxygens (including phenoxy) is 2. The molecule has 0 bridgehead atoms. The molecule has 2 atom stereocenters. The Bertz CT molecular complexity index is 1550. The zero-order valence-electron chi connectivity index (χ0n) is 23.0. The van der Waals surface area contributed by atoms with Crippen molar-refractivity contribution < 1.29 is 14.3 Å². The lowest BCUT2D eigenvalue weighted by Gasteiger charge is -2.38. The van der Waals surface area contributed by atoms with E-state index < -0.39 is 5.60 Å². The maximum Gasteiger partial charge on any atom is 0.340 e. The fourth-order valence-electron chi connectivity index (χ4n) is 5.74. The fourth-order valence-corrected chi connectivity index (χ4v) is 5.74. The van der Waals surface area contributed by atoms with E-state index in [0.29, 0.717) is 17.2 Å². The van der Waals surface area contributed by atoms with Crippen molar-refractivity contribution in [2.24, 2.45) is 5.92 Å². The Morgan fingerprint density at radius 2 is 1.62 bits per heavy atom. The smallest absolute Gasteiger partial charge is 0.340 e. The van der Waals surface area contributed by atoms with E-state index >= 15 is 0 Å². The second kappa shape index (κ2) is 9.81. The van der Waals surface area contributed by atoms with Gasteiger partial charge in [0.15, 0.2) is 5.60 Å². The Morgan fingerprint density at radius 3 is 2.38 bits per heavy atom. The van der Waals surface area contributed by atoms with Gasteiger partial charge in [0.1, 0.15) is 11.5 Å². The van der Waals surface area contributed by atoms with Crippen molar-refractivity contribution in [1.29, 1.82) is 0 Å². The monoisotopic (exact) mass is 518 g/mol. The second-order valence-corrected chi connectivity index (χ2v) is 10.6. The van der Waals surface area contributed by atoms with Gasteiger partial charge in [0.05, 0.1) is 5.56 Å². The van der Waals surface area contributed by atoms with Crippen LogP contribution in [0.3, 0.4) is 0 Å². The summed E-state index contributed by atoms with van der Waals surface area (Å²) in [7, 11) is 0. The van der Waals surface area contributed by atoms with Gasteiger partial charge in [-0.3, -0.25) is 0 Å². The summed E-state index contributed by atoms with van der Waals surface area (Å²) in [5.74, 6) is 1.67. The molecule has 4 aromatic carbocycles. The Balaban J connectivity index is 1.53. The molecule has 5 nitrogen and oxygen atoms in total. The van der Waals surface area contributed by atoms with Gasteiger partial charge < -0.3 is 19.7 Å². The summed E-state index contributed by atoms with van der Waals surface area (Å²) in [4.78, 5) is 15.7. The number of nitrogens with one attached hydrogen (secondary N) is 1. The molecule has 6 rings (SSSR count). The quantitative estimate of drug-likeness (QED) is 0.250. The van der Waals surface area contributed by atoms with Crippen LogP contribution in [0.2, 0.25) is 0 Å². The Labute approximate surface area is 230 Å². The van der Waals surface area contributed by atoms with Crippen molar-refractivity contribution in [1.82, 2.24) is 0 Å². The maximum absolute atomic E-state index is 13.3. The van der Waals surface area contributed by atoms with Crippen molar-refractivity contribution in [2.45, 2.75) is 39.7 Å². The third-order valence-corrected chi connectivity index (χ3v) is 8.07. The van der Waals surface area contributed by atoms with Crippen molar-refractivity contribution in [3.05, 3.63) is 113 Å². The largest absolute Gasteiger partial charge is 0.456 e. The molecule has 0 fully saturated rings. The van der Waals surface area contributed by atoms with Gasteiger partial charge >= 0.3 is 5.97 Å². The molecule has 2 aliphatic rings. The van der Waals surface area contributed by atoms with Gasteiger partial charge in [-0.05, 0) is 67.8 Å². The van der Waals surface area contributed by atoms with Crippen LogP contribution in [0.15, 0.2) is 84.9 Å². The van der Waals surface area contributed by atoms with E-state index in [9.17, 15) is 4.79 Å². The molecule has 5 heteroatoms. The summed E-state index contributed by atoms with van der Waals surface area (Å²) in [5, 5.41) is 3.54. The number of rotatable bonds is 7. The highest BCUT2D eigenvalue weighted by atomic mass is 16.6. The summed E-state index contributed by atoms with van der Waals surface area (Å²) < 4.78 is 13.0.